The van der Waals surface area contributed by atoms with Crippen LogP contribution in [0.25, 0.3) is 0 Å². The predicted molar refractivity (Wildman–Crippen MR) is 111 cm³/mol. The lowest BCUT2D eigenvalue weighted by Crippen LogP contribution is -2.19. The monoisotopic (exact) mass is 428 g/mol. The number of halogens is 4. The van der Waals surface area contributed by atoms with Gasteiger partial charge in [-0.15, -0.1) is 0 Å². The molecule has 0 fully saturated rings. The van der Waals surface area contributed by atoms with Crippen LogP contribution in [0.1, 0.15) is 22.3 Å². The zero-order valence-corrected chi connectivity index (χ0v) is 16.5. The van der Waals surface area contributed by atoms with Crippen molar-refractivity contribution in [3.8, 4) is 0 Å². The fourth-order valence-corrected chi connectivity index (χ4v) is 3.72. The number of fused-ring (bicyclic) bond motifs is 1. The summed E-state index contributed by atoms with van der Waals surface area (Å²) in [6, 6.07) is 16.7. The van der Waals surface area contributed by atoms with Crippen molar-refractivity contribution in [2.24, 2.45) is 0 Å². The molecule has 0 atom stereocenters. The molecule has 1 aliphatic rings. The average molecular weight is 428 g/mol. The zero-order chi connectivity index (χ0) is 22.0. The molecule has 0 aliphatic carbocycles. The Morgan fingerprint density at radius 2 is 1.61 bits per heavy atom. The molecule has 1 amide bonds. The van der Waals surface area contributed by atoms with Gasteiger partial charge in [0.05, 0.1) is 12.0 Å². The Morgan fingerprint density at radius 1 is 0.935 bits per heavy atom. The van der Waals surface area contributed by atoms with Gasteiger partial charge in [-0.3, -0.25) is 4.79 Å². The first kappa shape index (κ1) is 20.9. The lowest BCUT2D eigenvalue weighted by Gasteiger charge is -2.20. The fourth-order valence-electron chi connectivity index (χ4n) is 3.72. The molecule has 0 saturated carbocycles. The molecule has 1 N–H and O–H groups in total. The van der Waals surface area contributed by atoms with Crippen molar-refractivity contribution in [3.05, 3.63) is 94.8 Å². The molecule has 3 nitrogen and oxygen atoms in total. The summed E-state index contributed by atoms with van der Waals surface area (Å²) in [6.45, 7) is 1.27. The third-order valence-corrected chi connectivity index (χ3v) is 5.29. The quantitative estimate of drug-likeness (QED) is 0.538. The molecule has 0 bridgehead atoms. The highest BCUT2D eigenvalue weighted by Crippen LogP contribution is 2.33. The molecule has 3 aromatic rings. The van der Waals surface area contributed by atoms with Crippen LogP contribution in [0, 0.1) is 5.82 Å². The Kier molecular flexibility index (Phi) is 5.67. The first-order valence-electron chi connectivity index (χ1n) is 9.86. The zero-order valence-electron chi connectivity index (χ0n) is 16.5. The Hall–Kier alpha value is -3.35. The first-order chi connectivity index (χ1) is 14.8. The Bertz CT molecular complexity index is 1080. The number of anilines is 2. The SMILES string of the molecule is O=C(Cc1ccc(F)cc1)Nc1ccc2c(c1)CCN2Cc1ccc(C(F)(F)F)cc1. The normalized spacial score (nSPS) is 13.2. The lowest BCUT2D eigenvalue weighted by atomic mass is 10.1. The fraction of sp³-hybridized carbons (Fsp3) is 0.208. The molecule has 0 unspecified atom stereocenters. The maximum absolute atomic E-state index is 13.0. The van der Waals surface area contributed by atoms with Gasteiger partial charge in [-0.1, -0.05) is 24.3 Å². The highest BCUT2D eigenvalue weighted by atomic mass is 19.4. The highest BCUT2D eigenvalue weighted by Gasteiger charge is 2.30. The van der Waals surface area contributed by atoms with Crippen LogP contribution < -0.4 is 10.2 Å². The predicted octanol–water partition coefficient (Wildman–Crippen LogP) is 5.59. The Balaban J connectivity index is 1.39. The van der Waals surface area contributed by atoms with E-state index in [0.29, 0.717) is 12.2 Å². The molecule has 0 saturated heterocycles. The van der Waals surface area contributed by atoms with E-state index in [2.05, 4.69) is 10.2 Å². The first-order valence-corrected chi connectivity index (χ1v) is 9.86. The number of rotatable bonds is 5. The van der Waals surface area contributed by atoms with Crippen molar-refractivity contribution in [2.45, 2.75) is 25.6 Å². The van der Waals surface area contributed by atoms with Crippen LogP contribution in [-0.2, 0) is 30.4 Å². The number of alkyl halides is 3. The van der Waals surface area contributed by atoms with E-state index in [1.54, 1.807) is 12.1 Å². The molecule has 160 valence electrons. The maximum Gasteiger partial charge on any atom is 0.416 e. The van der Waals surface area contributed by atoms with Crippen LogP contribution in [0.4, 0.5) is 28.9 Å². The number of hydrogen-bond acceptors (Lipinski definition) is 2. The molecule has 0 radical (unpaired) electrons. The summed E-state index contributed by atoms with van der Waals surface area (Å²) in [5, 5.41) is 2.86. The third kappa shape index (κ3) is 5.05. The van der Waals surface area contributed by atoms with E-state index in [1.165, 1.54) is 24.3 Å². The van der Waals surface area contributed by atoms with Gasteiger partial charge in [0.2, 0.25) is 5.91 Å². The molecule has 0 aromatic heterocycles. The lowest BCUT2D eigenvalue weighted by molar-refractivity contribution is -0.137. The number of benzene rings is 3. The van der Waals surface area contributed by atoms with Crippen LogP contribution >= 0.6 is 0 Å². The number of carbonyl (C=O) groups excluding carboxylic acids is 1. The largest absolute Gasteiger partial charge is 0.416 e. The van der Waals surface area contributed by atoms with E-state index >= 15 is 0 Å². The van der Waals surface area contributed by atoms with Gasteiger partial charge in [0.15, 0.2) is 0 Å². The number of carbonyl (C=O) groups is 1. The summed E-state index contributed by atoms with van der Waals surface area (Å²) in [4.78, 5) is 14.4. The molecular formula is C24H20F4N2O. The van der Waals surface area contributed by atoms with Crippen LogP contribution in [0.3, 0.4) is 0 Å². The summed E-state index contributed by atoms with van der Waals surface area (Å²) in [6.07, 6.45) is -3.40. The minimum atomic E-state index is -4.34. The second-order valence-electron chi connectivity index (χ2n) is 7.56. The van der Waals surface area contributed by atoms with Crippen LogP contribution in [0.15, 0.2) is 66.7 Å². The minimum Gasteiger partial charge on any atom is -0.367 e. The highest BCUT2D eigenvalue weighted by molar-refractivity contribution is 5.92. The third-order valence-electron chi connectivity index (χ3n) is 5.29. The number of amides is 1. The number of hydrogen-bond donors (Lipinski definition) is 1. The van der Waals surface area contributed by atoms with Crippen LogP contribution in [0.5, 0.6) is 0 Å². The second kappa shape index (κ2) is 8.41. The summed E-state index contributed by atoms with van der Waals surface area (Å²) < 4.78 is 51.2. The Labute approximate surface area is 177 Å². The van der Waals surface area contributed by atoms with Crippen LogP contribution in [0.2, 0.25) is 0 Å². The summed E-state index contributed by atoms with van der Waals surface area (Å²) >= 11 is 0. The summed E-state index contributed by atoms with van der Waals surface area (Å²) in [5.74, 6) is -0.533. The smallest absolute Gasteiger partial charge is 0.367 e. The van der Waals surface area contributed by atoms with Crippen LogP contribution in [-0.4, -0.2) is 12.5 Å². The molecule has 7 heteroatoms. The number of nitrogens with one attached hydrogen (secondary N) is 1. The number of nitrogens with zero attached hydrogens (tertiary/aromatic N) is 1. The molecule has 1 heterocycles. The van der Waals surface area contributed by atoms with Gasteiger partial charge in [-0.2, -0.15) is 13.2 Å². The van der Waals surface area contributed by atoms with Crippen molar-refractivity contribution in [3.63, 3.8) is 0 Å². The second-order valence-corrected chi connectivity index (χ2v) is 7.56. The minimum absolute atomic E-state index is 0.150. The van der Waals surface area contributed by atoms with E-state index in [1.807, 2.05) is 18.2 Å². The average Bonchev–Trinajstić information content (AvgIpc) is 3.11. The van der Waals surface area contributed by atoms with Crippen molar-refractivity contribution >= 4 is 17.3 Å². The van der Waals surface area contributed by atoms with Crippen molar-refractivity contribution in [1.29, 1.82) is 0 Å². The van der Waals surface area contributed by atoms with E-state index in [9.17, 15) is 22.4 Å². The summed E-state index contributed by atoms with van der Waals surface area (Å²) in [7, 11) is 0. The molecule has 31 heavy (non-hydrogen) atoms. The van der Waals surface area contributed by atoms with Gasteiger partial charge in [-0.05, 0) is 65.6 Å². The topological polar surface area (TPSA) is 32.3 Å². The summed E-state index contributed by atoms with van der Waals surface area (Å²) in [5.41, 5.74) is 3.64. The van der Waals surface area contributed by atoms with Gasteiger partial charge in [0.25, 0.3) is 0 Å². The van der Waals surface area contributed by atoms with Gasteiger partial charge < -0.3 is 10.2 Å². The van der Waals surface area contributed by atoms with Crippen molar-refractivity contribution in [1.82, 2.24) is 0 Å². The van der Waals surface area contributed by atoms with E-state index in [0.717, 1.165) is 47.5 Å². The maximum atomic E-state index is 13.0. The standard InChI is InChI=1S/C24H20F4N2O/c25-20-7-3-16(4-8-20)13-23(31)29-21-9-10-22-18(14-21)11-12-30(22)15-17-1-5-19(6-2-17)24(26,27)28/h1-10,14H,11-13,15H2,(H,29,31). The van der Waals surface area contributed by atoms with Gasteiger partial charge >= 0.3 is 6.18 Å². The van der Waals surface area contributed by atoms with E-state index < -0.39 is 11.7 Å². The molecule has 0 spiro atoms. The van der Waals surface area contributed by atoms with Crippen molar-refractivity contribution in [2.75, 3.05) is 16.8 Å². The van der Waals surface area contributed by atoms with Gasteiger partial charge in [0.1, 0.15) is 5.82 Å². The Morgan fingerprint density at radius 3 is 2.29 bits per heavy atom. The van der Waals surface area contributed by atoms with Crippen molar-refractivity contribution < 1.29 is 22.4 Å². The van der Waals surface area contributed by atoms with Gasteiger partial charge in [-0.25, -0.2) is 4.39 Å². The molecule has 4 rings (SSSR count). The molecule has 3 aromatic carbocycles. The molecule has 1 aliphatic heterocycles. The van der Waals surface area contributed by atoms with Gasteiger partial charge in [0, 0.05) is 24.5 Å². The van der Waals surface area contributed by atoms with E-state index in [-0.39, 0.29) is 18.1 Å². The van der Waals surface area contributed by atoms with E-state index in [4.69, 9.17) is 0 Å². The molecular weight excluding hydrogens is 408 g/mol.